The zero-order chi connectivity index (χ0) is 12.9. The highest BCUT2D eigenvalue weighted by atomic mass is 35.5. The van der Waals surface area contributed by atoms with Gasteiger partial charge in [-0.1, -0.05) is 0 Å². The first-order chi connectivity index (χ1) is 7.90. The average Bonchev–Trinajstić information content (AvgIpc) is 2.27. The van der Waals surface area contributed by atoms with Gasteiger partial charge in [-0.25, -0.2) is 4.57 Å². The van der Waals surface area contributed by atoms with Crippen LogP contribution in [0.2, 0.25) is 0 Å². The summed E-state index contributed by atoms with van der Waals surface area (Å²) in [5.74, 6) is -0.126. The van der Waals surface area contributed by atoms with Crippen molar-refractivity contribution in [1.29, 1.82) is 0 Å². The van der Waals surface area contributed by atoms with E-state index in [-0.39, 0.29) is 18.1 Å². The Labute approximate surface area is 105 Å². The fourth-order valence-corrected chi connectivity index (χ4v) is 1.91. The molecule has 1 aromatic heterocycles. The van der Waals surface area contributed by atoms with Gasteiger partial charge in [0.25, 0.3) is 10.1 Å². The summed E-state index contributed by atoms with van der Waals surface area (Å²) in [7, 11) is -3.92. The molecule has 0 spiro atoms. The van der Waals surface area contributed by atoms with Gasteiger partial charge < -0.3 is 5.11 Å². The Morgan fingerprint density at radius 2 is 1.94 bits per heavy atom. The smallest absolute Gasteiger partial charge is 0.265 e. The van der Waals surface area contributed by atoms with Crippen molar-refractivity contribution in [3.63, 3.8) is 0 Å². The molecule has 0 saturated carbocycles. The number of halogens is 1. The molecule has 2 N–H and O–H groups in total. The van der Waals surface area contributed by atoms with Gasteiger partial charge in [0.05, 0.1) is 11.6 Å². The second kappa shape index (κ2) is 6.30. The molecule has 0 fully saturated rings. The van der Waals surface area contributed by atoms with Crippen LogP contribution < -0.4 is 4.57 Å². The molecule has 0 aliphatic rings. The average molecular weight is 281 g/mol. The molecule has 0 amide bonds. The fraction of sp³-hybridized carbons (Fsp3) is 0.500. The lowest BCUT2D eigenvalue weighted by Gasteiger charge is -2.03. The molecule has 5 nitrogen and oxygen atoms in total. The quantitative estimate of drug-likeness (QED) is 0.437. The van der Waals surface area contributed by atoms with Crippen LogP contribution in [-0.4, -0.2) is 35.8 Å². The van der Waals surface area contributed by atoms with Gasteiger partial charge >= 0.3 is 0 Å². The third kappa shape index (κ3) is 5.97. The van der Waals surface area contributed by atoms with Gasteiger partial charge in [0.1, 0.15) is 6.10 Å². The number of hydrogen-bond acceptors (Lipinski definition) is 3. The van der Waals surface area contributed by atoms with Crippen molar-refractivity contribution in [2.75, 3.05) is 11.6 Å². The van der Waals surface area contributed by atoms with E-state index in [4.69, 9.17) is 16.2 Å². The molecule has 0 unspecified atom stereocenters. The zero-order valence-corrected chi connectivity index (χ0v) is 10.7. The van der Waals surface area contributed by atoms with Crippen molar-refractivity contribution >= 4 is 21.7 Å². The molecule has 0 aliphatic heterocycles. The van der Waals surface area contributed by atoms with E-state index in [1.807, 2.05) is 0 Å². The van der Waals surface area contributed by atoms with E-state index in [1.54, 1.807) is 29.1 Å². The molecule has 1 atom stereocenters. The normalized spacial score (nSPS) is 13.6. The lowest BCUT2D eigenvalue weighted by Crippen LogP contribution is -2.39. The van der Waals surface area contributed by atoms with Crippen molar-refractivity contribution in [2.24, 2.45) is 0 Å². The van der Waals surface area contributed by atoms with Gasteiger partial charge in [-0.3, -0.25) is 4.55 Å². The second-order valence-electron chi connectivity index (χ2n) is 3.75. The van der Waals surface area contributed by atoms with Crippen molar-refractivity contribution in [3.05, 3.63) is 30.1 Å². The first-order valence-corrected chi connectivity index (χ1v) is 7.22. The van der Waals surface area contributed by atoms with Crippen LogP contribution >= 0.6 is 11.6 Å². The van der Waals surface area contributed by atoms with Crippen LogP contribution in [-0.2, 0) is 23.1 Å². The Morgan fingerprint density at radius 1 is 1.35 bits per heavy atom. The maximum absolute atomic E-state index is 10.6. The monoisotopic (exact) mass is 280 g/mol. The molecule has 1 heterocycles. The van der Waals surface area contributed by atoms with Gasteiger partial charge in [0.2, 0.25) is 0 Å². The number of pyridine rings is 1. The van der Waals surface area contributed by atoms with Crippen LogP contribution in [0, 0.1) is 0 Å². The standard InChI is InChI=1S/C10H14ClNO4S/c11-7-10(13)8-12-4-1-9(2-5-12)3-6-17(14,15)16/h1-2,4-5,10,13H,3,6-8H2/p+1/t10-/m1/s1. The first-order valence-electron chi connectivity index (χ1n) is 5.08. The summed E-state index contributed by atoms with van der Waals surface area (Å²) in [6, 6.07) is 3.48. The maximum Gasteiger partial charge on any atom is 0.265 e. The Balaban J connectivity index is 2.56. The summed E-state index contributed by atoms with van der Waals surface area (Å²) in [5.41, 5.74) is 0.805. The SMILES string of the molecule is O=S(=O)(O)CCc1cc[n+](C[C@H](O)CCl)cc1. The third-order valence-corrected chi connectivity index (χ3v) is 3.28. The van der Waals surface area contributed by atoms with E-state index in [9.17, 15) is 13.5 Å². The highest BCUT2D eigenvalue weighted by Crippen LogP contribution is 1.99. The van der Waals surface area contributed by atoms with E-state index in [0.29, 0.717) is 6.54 Å². The Kier molecular flexibility index (Phi) is 5.32. The Hall–Kier alpha value is -0.690. The number of aliphatic hydroxyl groups excluding tert-OH is 1. The fourth-order valence-electron chi connectivity index (χ4n) is 1.32. The summed E-state index contributed by atoms with van der Waals surface area (Å²) in [5, 5.41) is 9.33. The molecular weight excluding hydrogens is 266 g/mol. The Morgan fingerprint density at radius 3 is 2.41 bits per heavy atom. The van der Waals surface area contributed by atoms with Crippen LogP contribution in [0.5, 0.6) is 0 Å². The van der Waals surface area contributed by atoms with Gasteiger partial charge in [0, 0.05) is 12.1 Å². The largest absolute Gasteiger partial charge is 0.385 e. The number of rotatable bonds is 6. The van der Waals surface area contributed by atoms with Crippen LogP contribution in [0.3, 0.4) is 0 Å². The van der Waals surface area contributed by atoms with Crippen molar-refractivity contribution < 1.29 is 22.6 Å². The second-order valence-corrected chi connectivity index (χ2v) is 5.63. The molecule has 0 aromatic carbocycles. The van der Waals surface area contributed by atoms with Gasteiger partial charge in [-0.15, -0.1) is 11.6 Å². The van der Waals surface area contributed by atoms with E-state index < -0.39 is 16.2 Å². The first kappa shape index (κ1) is 14.4. The number of aryl methyl sites for hydroxylation is 1. The Bertz CT molecular complexity index is 446. The van der Waals surface area contributed by atoms with Crippen LogP contribution in [0.1, 0.15) is 5.56 Å². The van der Waals surface area contributed by atoms with Crippen LogP contribution in [0.25, 0.3) is 0 Å². The van der Waals surface area contributed by atoms with Crippen LogP contribution in [0.4, 0.5) is 0 Å². The number of aliphatic hydroxyl groups is 1. The zero-order valence-electron chi connectivity index (χ0n) is 9.16. The summed E-state index contributed by atoms with van der Waals surface area (Å²) in [6.07, 6.45) is 3.12. The molecule has 1 rings (SSSR count). The highest BCUT2D eigenvalue weighted by Gasteiger charge is 2.10. The molecule has 0 radical (unpaired) electrons. The minimum absolute atomic E-state index is 0.164. The van der Waals surface area contributed by atoms with E-state index in [2.05, 4.69) is 0 Å². The molecule has 1 aromatic rings. The number of aromatic nitrogens is 1. The molecule has 0 aliphatic carbocycles. The van der Waals surface area contributed by atoms with Gasteiger partial charge in [-0.05, 0) is 12.0 Å². The highest BCUT2D eigenvalue weighted by molar-refractivity contribution is 7.85. The van der Waals surface area contributed by atoms with Gasteiger partial charge in [-0.2, -0.15) is 8.42 Å². The van der Waals surface area contributed by atoms with E-state index in [1.165, 1.54) is 0 Å². The van der Waals surface area contributed by atoms with Gasteiger partial charge in [0.15, 0.2) is 18.9 Å². The molecule has 17 heavy (non-hydrogen) atoms. The number of hydrogen-bond donors (Lipinski definition) is 2. The summed E-state index contributed by atoms with van der Waals surface area (Å²) >= 11 is 5.48. The molecular formula is C10H15ClNO4S+. The summed E-state index contributed by atoms with van der Waals surface area (Å²) in [4.78, 5) is 0. The van der Waals surface area contributed by atoms with E-state index >= 15 is 0 Å². The third-order valence-electron chi connectivity index (χ3n) is 2.21. The predicted molar refractivity (Wildman–Crippen MR) is 63.5 cm³/mol. The van der Waals surface area contributed by atoms with Crippen molar-refractivity contribution in [2.45, 2.75) is 19.1 Å². The van der Waals surface area contributed by atoms with Crippen molar-refractivity contribution in [1.82, 2.24) is 0 Å². The lowest BCUT2D eigenvalue weighted by molar-refractivity contribution is -0.703. The number of alkyl halides is 1. The topological polar surface area (TPSA) is 78.5 Å². The predicted octanol–water partition coefficient (Wildman–Crippen LogP) is 0.00410. The summed E-state index contributed by atoms with van der Waals surface area (Å²) in [6.45, 7) is 0.391. The molecule has 7 heteroatoms. The lowest BCUT2D eigenvalue weighted by atomic mass is 10.2. The van der Waals surface area contributed by atoms with Crippen molar-refractivity contribution in [3.8, 4) is 0 Å². The summed E-state index contributed by atoms with van der Waals surface area (Å²) < 4.78 is 31.5. The number of nitrogens with zero attached hydrogens (tertiary/aromatic N) is 1. The maximum atomic E-state index is 10.6. The van der Waals surface area contributed by atoms with Crippen LogP contribution in [0.15, 0.2) is 24.5 Å². The molecule has 96 valence electrons. The van der Waals surface area contributed by atoms with E-state index in [0.717, 1.165) is 5.56 Å². The minimum atomic E-state index is -3.92. The minimum Gasteiger partial charge on any atom is -0.385 e. The molecule has 0 saturated heterocycles. The molecule has 0 bridgehead atoms.